The second-order valence-electron chi connectivity index (χ2n) is 4.07. The maximum atomic E-state index is 11.9. The molecule has 6 heteroatoms. The monoisotopic (exact) mass is 286 g/mol. The third-order valence-electron chi connectivity index (χ3n) is 2.61. The van der Waals surface area contributed by atoms with Crippen LogP contribution in [0.5, 0.6) is 5.75 Å². The van der Waals surface area contributed by atoms with Gasteiger partial charge in [0.05, 0.1) is 0 Å². The molecule has 0 saturated carbocycles. The van der Waals surface area contributed by atoms with Crippen LogP contribution in [0.15, 0.2) is 47.2 Å². The number of carbonyl (C=O) groups excluding carboxylic acids is 1. The summed E-state index contributed by atoms with van der Waals surface area (Å²) in [5.74, 6) is 0.551. The van der Waals surface area contributed by atoms with Crippen molar-refractivity contribution in [1.82, 2.24) is 10.2 Å². The molecule has 0 spiro atoms. The van der Waals surface area contributed by atoms with Gasteiger partial charge in [-0.25, -0.2) is 4.79 Å². The van der Waals surface area contributed by atoms with Gasteiger partial charge in [0, 0.05) is 10.4 Å². The molecule has 0 aliphatic carbocycles. The lowest BCUT2D eigenvalue weighted by atomic mass is 10.2. The van der Waals surface area contributed by atoms with Gasteiger partial charge in [-0.1, -0.05) is 0 Å². The Morgan fingerprint density at radius 1 is 1.20 bits per heavy atom. The Bertz CT molecular complexity index is 717. The van der Waals surface area contributed by atoms with Crippen molar-refractivity contribution in [3.8, 4) is 17.2 Å². The molecule has 2 aromatic heterocycles. The van der Waals surface area contributed by atoms with Crippen molar-refractivity contribution in [2.45, 2.75) is 6.92 Å². The smallest absolute Gasteiger partial charge is 0.353 e. The highest BCUT2D eigenvalue weighted by Gasteiger charge is 2.11. The second-order valence-corrected chi connectivity index (χ2v) is 5.36. The number of aryl methyl sites for hydroxylation is 1. The Balaban J connectivity index is 1.74. The highest BCUT2D eigenvalue weighted by molar-refractivity contribution is 7.13. The molecule has 0 saturated heterocycles. The van der Waals surface area contributed by atoms with Crippen molar-refractivity contribution >= 4 is 17.3 Å². The molecule has 3 aromatic rings. The van der Waals surface area contributed by atoms with Gasteiger partial charge < -0.3 is 9.15 Å². The van der Waals surface area contributed by atoms with Crippen molar-refractivity contribution in [1.29, 1.82) is 0 Å². The van der Waals surface area contributed by atoms with Crippen molar-refractivity contribution < 1.29 is 13.9 Å². The van der Waals surface area contributed by atoms with E-state index in [9.17, 15) is 4.79 Å². The van der Waals surface area contributed by atoms with Gasteiger partial charge in [-0.05, 0) is 43.3 Å². The highest BCUT2D eigenvalue weighted by Crippen LogP contribution is 2.22. The van der Waals surface area contributed by atoms with Crippen LogP contribution in [-0.4, -0.2) is 16.2 Å². The first-order valence-electron chi connectivity index (χ1n) is 5.87. The maximum absolute atomic E-state index is 11.9. The molecule has 20 heavy (non-hydrogen) atoms. The molecule has 0 N–H and O–H groups in total. The molecule has 0 radical (unpaired) electrons. The molecule has 0 fully saturated rings. The van der Waals surface area contributed by atoms with E-state index < -0.39 is 0 Å². The lowest BCUT2D eigenvalue weighted by Gasteiger charge is -2.02. The Morgan fingerprint density at radius 2 is 2.00 bits per heavy atom. The van der Waals surface area contributed by atoms with Crippen LogP contribution in [0.1, 0.15) is 14.5 Å². The van der Waals surface area contributed by atoms with Gasteiger partial charge in [0.15, 0.2) is 0 Å². The number of nitrogens with zero attached hydrogens (tertiary/aromatic N) is 2. The molecule has 5 nitrogen and oxygen atoms in total. The number of thiophene rings is 1. The van der Waals surface area contributed by atoms with E-state index in [-0.39, 0.29) is 5.97 Å². The first-order valence-corrected chi connectivity index (χ1v) is 6.69. The molecule has 0 atom stereocenters. The quantitative estimate of drug-likeness (QED) is 0.546. The van der Waals surface area contributed by atoms with Gasteiger partial charge in [0.2, 0.25) is 12.3 Å². The number of ether oxygens (including phenoxy) is 1. The summed E-state index contributed by atoms with van der Waals surface area (Å²) in [6.07, 6.45) is 1.27. The van der Waals surface area contributed by atoms with Crippen molar-refractivity contribution in [3.05, 3.63) is 52.5 Å². The van der Waals surface area contributed by atoms with Crippen LogP contribution in [0.3, 0.4) is 0 Å². The number of hydrogen-bond acceptors (Lipinski definition) is 6. The summed E-state index contributed by atoms with van der Waals surface area (Å²) in [6.45, 7) is 1.95. The van der Waals surface area contributed by atoms with E-state index in [1.54, 1.807) is 30.3 Å². The SMILES string of the molecule is Cc1ccc(C(=O)Oc2ccc(-c3nnco3)cc2)s1. The topological polar surface area (TPSA) is 65.2 Å². The fourth-order valence-electron chi connectivity index (χ4n) is 1.67. The Morgan fingerprint density at radius 3 is 2.60 bits per heavy atom. The van der Waals surface area contributed by atoms with Crippen LogP contribution in [0.2, 0.25) is 0 Å². The number of aromatic nitrogens is 2. The normalized spacial score (nSPS) is 10.4. The van der Waals surface area contributed by atoms with Crippen molar-refractivity contribution in [3.63, 3.8) is 0 Å². The zero-order valence-corrected chi connectivity index (χ0v) is 11.4. The molecule has 0 aliphatic rings. The minimum absolute atomic E-state index is 0.353. The average molecular weight is 286 g/mol. The average Bonchev–Trinajstić information content (AvgIpc) is 3.10. The molecule has 1 aromatic carbocycles. The summed E-state index contributed by atoms with van der Waals surface area (Å²) < 4.78 is 10.4. The van der Waals surface area contributed by atoms with Crippen molar-refractivity contribution in [2.24, 2.45) is 0 Å². The summed E-state index contributed by atoms with van der Waals surface area (Å²) in [6, 6.07) is 10.6. The third kappa shape index (κ3) is 2.60. The first kappa shape index (κ1) is 12.6. The predicted octanol–water partition coefficient (Wildman–Crippen LogP) is 3.33. The summed E-state index contributed by atoms with van der Waals surface area (Å²) in [5, 5.41) is 7.42. The van der Waals surface area contributed by atoms with Gasteiger partial charge in [0.1, 0.15) is 10.6 Å². The van der Waals surface area contributed by atoms with Crippen LogP contribution in [0.25, 0.3) is 11.5 Å². The van der Waals surface area contributed by atoms with Gasteiger partial charge >= 0.3 is 5.97 Å². The van der Waals surface area contributed by atoms with E-state index in [2.05, 4.69) is 10.2 Å². The van der Waals surface area contributed by atoms with Crippen molar-refractivity contribution in [2.75, 3.05) is 0 Å². The van der Waals surface area contributed by atoms with Gasteiger partial charge in [-0.2, -0.15) is 0 Å². The number of hydrogen-bond donors (Lipinski definition) is 0. The van der Waals surface area contributed by atoms with Gasteiger partial charge in [0.25, 0.3) is 0 Å². The third-order valence-corrected chi connectivity index (χ3v) is 3.59. The van der Waals surface area contributed by atoms with Gasteiger partial charge in [-0.3, -0.25) is 0 Å². The molecule has 0 bridgehead atoms. The lowest BCUT2D eigenvalue weighted by molar-refractivity contribution is 0.0740. The zero-order chi connectivity index (χ0) is 13.9. The van der Waals surface area contributed by atoms with Crippen LogP contribution in [0.4, 0.5) is 0 Å². The fourth-order valence-corrected chi connectivity index (χ4v) is 2.41. The molecule has 2 heterocycles. The Labute approximate surface area is 118 Å². The molecular weight excluding hydrogens is 276 g/mol. The van der Waals surface area contributed by atoms with E-state index >= 15 is 0 Å². The summed E-state index contributed by atoms with van der Waals surface area (Å²) in [7, 11) is 0. The molecular formula is C14H10N2O3S. The van der Waals surface area contributed by atoms with E-state index in [1.165, 1.54) is 17.7 Å². The van der Waals surface area contributed by atoms with E-state index in [4.69, 9.17) is 9.15 Å². The van der Waals surface area contributed by atoms with Crippen LogP contribution in [-0.2, 0) is 0 Å². The molecule has 100 valence electrons. The summed E-state index contributed by atoms with van der Waals surface area (Å²) >= 11 is 1.41. The predicted molar refractivity (Wildman–Crippen MR) is 73.7 cm³/mol. The van der Waals surface area contributed by atoms with E-state index in [0.717, 1.165) is 10.4 Å². The number of benzene rings is 1. The molecule has 0 unspecified atom stereocenters. The highest BCUT2D eigenvalue weighted by atomic mass is 32.1. The first-order chi connectivity index (χ1) is 9.72. The molecule has 0 aliphatic heterocycles. The fraction of sp³-hybridized carbons (Fsp3) is 0.0714. The zero-order valence-electron chi connectivity index (χ0n) is 10.6. The second kappa shape index (κ2) is 5.26. The van der Waals surface area contributed by atoms with E-state index in [0.29, 0.717) is 16.5 Å². The Hall–Kier alpha value is -2.47. The summed E-state index contributed by atoms with van der Waals surface area (Å²) in [5.41, 5.74) is 0.772. The largest absolute Gasteiger partial charge is 0.423 e. The number of rotatable bonds is 3. The summed E-state index contributed by atoms with van der Waals surface area (Å²) in [4.78, 5) is 13.5. The van der Waals surface area contributed by atoms with Crippen LogP contribution in [0, 0.1) is 6.92 Å². The minimum atomic E-state index is -0.353. The lowest BCUT2D eigenvalue weighted by Crippen LogP contribution is -2.06. The van der Waals surface area contributed by atoms with Gasteiger partial charge in [-0.15, -0.1) is 21.5 Å². The minimum Gasteiger partial charge on any atom is -0.423 e. The van der Waals surface area contributed by atoms with Crippen LogP contribution < -0.4 is 4.74 Å². The molecule has 3 rings (SSSR count). The maximum Gasteiger partial charge on any atom is 0.353 e. The standard InChI is InChI=1S/C14H10N2O3S/c1-9-2-7-12(20-9)14(17)19-11-5-3-10(4-6-11)13-16-15-8-18-13/h2-8H,1H3. The van der Waals surface area contributed by atoms with E-state index in [1.807, 2.05) is 13.0 Å². The van der Waals surface area contributed by atoms with Crippen LogP contribution >= 0.6 is 11.3 Å². The number of carbonyl (C=O) groups is 1. The number of esters is 1. The Kier molecular flexibility index (Phi) is 3.30. The molecule has 0 amide bonds.